The van der Waals surface area contributed by atoms with Gasteiger partial charge in [-0.3, -0.25) is 9.59 Å². The van der Waals surface area contributed by atoms with Crippen LogP contribution in [0.5, 0.6) is 5.75 Å². The number of pyridine rings is 1. The highest BCUT2D eigenvalue weighted by Gasteiger charge is 2.21. The van der Waals surface area contributed by atoms with E-state index in [0.717, 1.165) is 38.0 Å². The minimum Gasteiger partial charge on any atom is -0.489 e. The van der Waals surface area contributed by atoms with Crippen molar-refractivity contribution in [2.45, 2.75) is 58.5 Å². The summed E-state index contributed by atoms with van der Waals surface area (Å²) in [6.45, 7) is 11.4. The first-order valence-corrected chi connectivity index (χ1v) is 12.7. The number of piperidine rings is 1. The maximum Gasteiger partial charge on any atom is 0.274 e. The number of rotatable bonds is 8. The second-order valence-corrected chi connectivity index (χ2v) is 10.3. The van der Waals surface area contributed by atoms with E-state index in [9.17, 15) is 9.59 Å². The quantitative estimate of drug-likeness (QED) is 0.458. The fourth-order valence-corrected chi connectivity index (χ4v) is 4.08. The minimum atomic E-state index is -0.311. The second-order valence-electron chi connectivity index (χ2n) is 10.3. The molecule has 9 nitrogen and oxygen atoms in total. The summed E-state index contributed by atoms with van der Waals surface area (Å²) in [7, 11) is 0. The number of carbonyl (C=O) groups excluding carboxylic acids is 2. The van der Waals surface area contributed by atoms with Gasteiger partial charge in [-0.1, -0.05) is 45.0 Å². The van der Waals surface area contributed by atoms with Crippen LogP contribution in [-0.2, 0) is 16.6 Å². The Morgan fingerprint density at radius 3 is 2.41 bits per heavy atom. The van der Waals surface area contributed by atoms with Gasteiger partial charge in [0.1, 0.15) is 23.3 Å². The van der Waals surface area contributed by atoms with Gasteiger partial charge >= 0.3 is 0 Å². The molecule has 4 rings (SSSR count). The Morgan fingerprint density at radius 2 is 1.81 bits per heavy atom. The van der Waals surface area contributed by atoms with Gasteiger partial charge in [-0.05, 0) is 49.2 Å². The molecule has 1 aliphatic heterocycles. The lowest BCUT2D eigenvalue weighted by atomic mass is 9.93. The van der Waals surface area contributed by atoms with E-state index in [4.69, 9.17) is 9.26 Å². The summed E-state index contributed by atoms with van der Waals surface area (Å²) >= 11 is 0. The van der Waals surface area contributed by atoms with E-state index in [2.05, 4.69) is 32.6 Å². The molecule has 1 aromatic carbocycles. The van der Waals surface area contributed by atoms with Crippen LogP contribution in [0.4, 0.5) is 11.5 Å². The molecule has 0 bridgehead atoms. The van der Waals surface area contributed by atoms with Gasteiger partial charge in [0.05, 0.1) is 12.6 Å². The van der Waals surface area contributed by atoms with Crippen LogP contribution in [0.3, 0.4) is 0 Å². The summed E-state index contributed by atoms with van der Waals surface area (Å²) in [5.41, 5.74) is 1.54. The second kappa shape index (κ2) is 11.6. The predicted molar refractivity (Wildman–Crippen MR) is 142 cm³/mol. The number of anilines is 2. The molecule has 1 aliphatic rings. The van der Waals surface area contributed by atoms with E-state index in [1.54, 1.807) is 48.7 Å². The van der Waals surface area contributed by atoms with Gasteiger partial charge in [0.15, 0.2) is 5.82 Å². The van der Waals surface area contributed by atoms with Crippen molar-refractivity contribution in [3.8, 4) is 5.75 Å². The van der Waals surface area contributed by atoms with Crippen LogP contribution >= 0.6 is 0 Å². The molecule has 1 fully saturated rings. The van der Waals surface area contributed by atoms with Crippen molar-refractivity contribution in [1.82, 2.24) is 15.0 Å². The van der Waals surface area contributed by atoms with Crippen molar-refractivity contribution < 1.29 is 18.8 Å². The van der Waals surface area contributed by atoms with Crippen molar-refractivity contribution in [1.29, 1.82) is 0 Å². The molecule has 3 aromatic rings. The number of ether oxygens (including phenoxy) is 1. The molecular formula is C28H35N5O4. The number of carbonyl (C=O) groups is 2. The number of nitrogens with zero attached hydrogens (tertiary/aromatic N) is 3. The first-order valence-electron chi connectivity index (χ1n) is 12.7. The van der Waals surface area contributed by atoms with Crippen molar-refractivity contribution >= 4 is 23.3 Å². The monoisotopic (exact) mass is 505 g/mol. The Morgan fingerprint density at radius 1 is 1.08 bits per heavy atom. The predicted octanol–water partition coefficient (Wildman–Crippen LogP) is 4.66. The number of aromatic nitrogens is 2. The average molecular weight is 506 g/mol. The van der Waals surface area contributed by atoms with Crippen LogP contribution in [0.2, 0.25) is 0 Å². The Hall–Kier alpha value is -3.72. The lowest BCUT2D eigenvalue weighted by molar-refractivity contribution is -0.115. The van der Waals surface area contributed by atoms with Crippen LogP contribution in [0.1, 0.15) is 62.3 Å². The highest BCUT2D eigenvalue weighted by molar-refractivity contribution is 6.02. The topological polar surface area (TPSA) is 110 Å². The fraction of sp³-hybridized carbons (Fsp3) is 0.429. The zero-order valence-corrected chi connectivity index (χ0v) is 21.9. The minimum absolute atomic E-state index is 0.173. The maximum atomic E-state index is 12.6. The standard InChI is InChI=1S/C28H35N5O4/c1-5-33-14-12-21(13-15-33)36-22-10-11-23(29-18-22)27(35)30-20-8-6-19(7-9-20)16-26(34)31-25-17-24(37-32-25)28(2,3)4/h6-11,17-18,21H,5,12-16H2,1-4H3,(H,30,35)(H,31,32,34). The van der Waals surface area contributed by atoms with Crippen molar-refractivity contribution in [2.24, 2.45) is 0 Å². The molecule has 2 amide bonds. The summed E-state index contributed by atoms with van der Waals surface area (Å²) in [5.74, 6) is 1.26. The SMILES string of the molecule is CCN1CCC(Oc2ccc(C(=O)Nc3ccc(CC(=O)Nc4cc(C(C)(C)C)on4)cc3)nc2)CC1. The first kappa shape index (κ1) is 26.3. The largest absolute Gasteiger partial charge is 0.489 e. The molecule has 2 N–H and O–H groups in total. The van der Waals surface area contributed by atoms with Crippen LogP contribution in [0.25, 0.3) is 0 Å². The van der Waals surface area contributed by atoms with E-state index < -0.39 is 0 Å². The molecule has 2 aromatic heterocycles. The molecular weight excluding hydrogens is 470 g/mol. The lowest BCUT2D eigenvalue weighted by Gasteiger charge is -2.31. The molecule has 0 aliphatic carbocycles. The summed E-state index contributed by atoms with van der Waals surface area (Å²) in [6, 6.07) is 12.3. The maximum absolute atomic E-state index is 12.6. The van der Waals surface area contributed by atoms with Crippen molar-refractivity contribution in [2.75, 3.05) is 30.3 Å². The number of benzene rings is 1. The van der Waals surface area contributed by atoms with Gasteiger partial charge in [-0.2, -0.15) is 0 Å². The molecule has 0 saturated carbocycles. The normalized spacial score (nSPS) is 14.8. The third-order valence-corrected chi connectivity index (χ3v) is 6.35. The van der Waals surface area contributed by atoms with Crippen LogP contribution in [0.15, 0.2) is 53.2 Å². The van der Waals surface area contributed by atoms with E-state index >= 15 is 0 Å². The fourth-order valence-electron chi connectivity index (χ4n) is 4.08. The van der Waals surface area contributed by atoms with Gasteiger partial charge in [0.25, 0.3) is 5.91 Å². The van der Waals surface area contributed by atoms with Crippen LogP contribution in [0, 0.1) is 0 Å². The van der Waals surface area contributed by atoms with E-state index in [1.807, 2.05) is 20.8 Å². The number of nitrogens with one attached hydrogen (secondary N) is 2. The number of hydrogen-bond acceptors (Lipinski definition) is 7. The van der Waals surface area contributed by atoms with Gasteiger partial charge in [-0.25, -0.2) is 4.98 Å². The molecule has 0 unspecified atom stereocenters. The molecule has 1 saturated heterocycles. The number of likely N-dealkylation sites (tertiary alicyclic amines) is 1. The highest BCUT2D eigenvalue weighted by Crippen LogP contribution is 2.24. The molecule has 196 valence electrons. The van der Waals surface area contributed by atoms with Gasteiger partial charge in [-0.15, -0.1) is 0 Å². The molecule has 0 spiro atoms. The van der Waals surface area contributed by atoms with E-state index in [0.29, 0.717) is 28.7 Å². The Bertz CT molecular complexity index is 1190. The van der Waals surface area contributed by atoms with Crippen molar-refractivity contribution in [3.63, 3.8) is 0 Å². The Labute approximate surface area is 217 Å². The average Bonchev–Trinajstić information content (AvgIpc) is 3.35. The summed E-state index contributed by atoms with van der Waals surface area (Å²) in [6.07, 6.45) is 3.94. The molecule has 37 heavy (non-hydrogen) atoms. The first-order chi connectivity index (χ1) is 17.7. The van der Waals surface area contributed by atoms with Crippen LogP contribution in [-0.4, -0.2) is 52.6 Å². The van der Waals surface area contributed by atoms with Gasteiger partial charge < -0.3 is 24.8 Å². The molecule has 0 atom stereocenters. The Balaban J connectivity index is 1.25. The highest BCUT2D eigenvalue weighted by atomic mass is 16.5. The number of hydrogen-bond donors (Lipinski definition) is 2. The van der Waals surface area contributed by atoms with E-state index in [1.165, 1.54) is 0 Å². The molecule has 0 radical (unpaired) electrons. The Kier molecular flexibility index (Phi) is 8.23. The summed E-state index contributed by atoms with van der Waals surface area (Å²) in [4.78, 5) is 31.7. The smallest absolute Gasteiger partial charge is 0.274 e. The zero-order chi connectivity index (χ0) is 26.4. The summed E-state index contributed by atoms with van der Waals surface area (Å²) in [5, 5.41) is 9.50. The molecule has 9 heteroatoms. The lowest BCUT2D eigenvalue weighted by Crippen LogP contribution is -2.38. The van der Waals surface area contributed by atoms with Gasteiger partial charge in [0.2, 0.25) is 5.91 Å². The third kappa shape index (κ3) is 7.39. The van der Waals surface area contributed by atoms with Gasteiger partial charge in [0, 0.05) is 30.3 Å². The number of amides is 2. The van der Waals surface area contributed by atoms with Crippen molar-refractivity contribution in [3.05, 3.63) is 65.7 Å². The third-order valence-electron chi connectivity index (χ3n) is 6.35. The molecule has 3 heterocycles. The summed E-state index contributed by atoms with van der Waals surface area (Å²) < 4.78 is 11.3. The zero-order valence-electron chi connectivity index (χ0n) is 21.9. The van der Waals surface area contributed by atoms with Crippen LogP contribution < -0.4 is 15.4 Å². The van der Waals surface area contributed by atoms with E-state index in [-0.39, 0.29) is 29.8 Å².